The van der Waals surface area contributed by atoms with Crippen molar-refractivity contribution >= 4 is 5.91 Å². The summed E-state index contributed by atoms with van der Waals surface area (Å²) >= 11 is 0. The summed E-state index contributed by atoms with van der Waals surface area (Å²) in [5.41, 5.74) is 1.87. The molecule has 0 saturated carbocycles. The van der Waals surface area contributed by atoms with E-state index in [4.69, 9.17) is 5.84 Å². The molecule has 0 saturated heterocycles. The normalized spacial score (nSPS) is 10.0. The van der Waals surface area contributed by atoms with Crippen molar-refractivity contribution in [2.75, 3.05) is 0 Å². The molecule has 0 aliphatic heterocycles. The number of hydrogen-bond donors (Lipinski definition) is 2. The summed E-state index contributed by atoms with van der Waals surface area (Å²) in [5.74, 6) is 4.61. The van der Waals surface area contributed by atoms with Gasteiger partial charge in [-0.25, -0.2) is 10.6 Å². The lowest BCUT2D eigenvalue weighted by atomic mass is 10.4. The third-order valence-corrected chi connectivity index (χ3v) is 1.76. The average molecular weight is 184 g/mol. The summed E-state index contributed by atoms with van der Waals surface area (Å²) in [4.78, 5) is 22.0. The fraction of sp³-hybridized carbons (Fsp3) is 0.429. The quantitative estimate of drug-likeness (QED) is 0.343. The van der Waals surface area contributed by atoms with Crippen LogP contribution < -0.4 is 17.0 Å². The zero-order valence-electron chi connectivity index (χ0n) is 7.36. The van der Waals surface area contributed by atoms with Gasteiger partial charge >= 0.3 is 5.69 Å². The monoisotopic (exact) mass is 184 g/mol. The minimum absolute atomic E-state index is 0.134. The second-order valence-electron chi connectivity index (χ2n) is 2.70. The van der Waals surface area contributed by atoms with Gasteiger partial charge in [0.2, 0.25) is 5.91 Å². The van der Waals surface area contributed by atoms with Gasteiger partial charge in [0.05, 0.1) is 0 Å². The van der Waals surface area contributed by atoms with Gasteiger partial charge in [0.15, 0.2) is 0 Å². The van der Waals surface area contributed by atoms with Gasteiger partial charge in [-0.1, -0.05) is 0 Å². The highest BCUT2D eigenvalue weighted by molar-refractivity contribution is 5.74. The number of imidazole rings is 1. The SMILES string of the molecule is Cn1ccn(CCC(=O)NN)c1=O. The Kier molecular flexibility index (Phi) is 2.86. The third-order valence-electron chi connectivity index (χ3n) is 1.76. The Morgan fingerprint density at radius 3 is 2.77 bits per heavy atom. The Balaban J connectivity index is 2.60. The molecule has 0 fully saturated rings. The van der Waals surface area contributed by atoms with Crippen LogP contribution in [0.25, 0.3) is 0 Å². The molecule has 1 amide bonds. The number of nitrogens with two attached hydrogens (primary N) is 1. The van der Waals surface area contributed by atoms with E-state index in [1.807, 2.05) is 5.43 Å². The molecule has 1 heterocycles. The van der Waals surface area contributed by atoms with Gasteiger partial charge < -0.3 is 4.57 Å². The van der Waals surface area contributed by atoms with Crippen LogP contribution in [0.15, 0.2) is 17.2 Å². The minimum atomic E-state index is -0.282. The van der Waals surface area contributed by atoms with Crippen LogP contribution in [-0.4, -0.2) is 15.0 Å². The summed E-state index contributed by atoms with van der Waals surface area (Å²) in [6.45, 7) is 0.350. The first-order valence-corrected chi connectivity index (χ1v) is 3.86. The van der Waals surface area contributed by atoms with Crippen LogP contribution in [0.3, 0.4) is 0 Å². The first kappa shape index (κ1) is 9.53. The summed E-state index contributed by atoms with van der Waals surface area (Å²) in [7, 11) is 1.65. The zero-order valence-corrected chi connectivity index (χ0v) is 7.36. The number of hydrogen-bond acceptors (Lipinski definition) is 3. The molecule has 6 heteroatoms. The highest BCUT2D eigenvalue weighted by Crippen LogP contribution is 1.86. The van der Waals surface area contributed by atoms with Crippen LogP contribution >= 0.6 is 0 Å². The molecule has 13 heavy (non-hydrogen) atoms. The van der Waals surface area contributed by atoms with Crippen molar-refractivity contribution in [3.8, 4) is 0 Å². The number of aryl methyl sites for hydroxylation is 2. The fourth-order valence-corrected chi connectivity index (χ4v) is 0.975. The first-order valence-electron chi connectivity index (χ1n) is 3.86. The largest absolute Gasteiger partial charge is 0.327 e. The van der Waals surface area contributed by atoms with Crippen LogP contribution in [0.1, 0.15) is 6.42 Å². The fourth-order valence-electron chi connectivity index (χ4n) is 0.975. The average Bonchev–Trinajstić information content (AvgIpc) is 2.44. The van der Waals surface area contributed by atoms with Crippen LogP contribution in [0.5, 0.6) is 0 Å². The van der Waals surface area contributed by atoms with E-state index in [2.05, 4.69) is 0 Å². The van der Waals surface area contributed by atoms with Gasteiger partial charge in [-0.2, -0.15) is 0 Å². The van der Waals surface area contributed by atoms with Crippen molar-refractivity contribution in [1.82, 2.24) is 14.6 Å². The Morgan fingerprint density at radius 1 is 1.62 bits per heavy atom. The smallest absolute Gasteiger partial charge is 0.302 e. The Labute approximate surface area is 74.9 Å². The lowest BCUT2D eigenvalue weighted by molar-refractivity contribution is -0.121. The number of carbonyl (C=O) groups is 1. The van der Waals surface area contributed by atoms with Crippen molar-refractivity contribution in [2.45, 2.75) is 13.0 Å². The van der Waals surface area contributed by atoms with Crippen LogP contribution in [-0.2, 0) is 18.4 Å². The topological polar surface area (TPSA) is 82.1 Å². The van der Waals surface area contributed by atoms with Gasteiger partial charge in [-0.05, 0) is 0 Å². The predicted molar refractivity (Wildman–Crippen MR) is 46.6 cm³/mol. The number of hydrazine groups is 1. The number of carbonyl (C=O) groups excluding carboxylic acids is 1. The van der Waals surface area contributed by atoms with E-state index in [9.17, 15) is 9.59 Å². The molecule has 1 rings (SSSR count). The molecule has 0 atom stereocenters. The van der Waals surface area contributed by atoms with Crippen molar-refractivity contribution in [3.05, 3.63) is 22.9 Å². The lowest BCUT2D eigenvalue weighted by Crippen LogP contribution is -2.32. The molecule has 0 aliphatic carbocycles. The maximum atomic E-state index is 11.2. The van der Waals surface area contributed by atoms with E-state index < -0.39 is 0 Å². The maximum absolute atomic E-state index is 11.2. The molecular weight excluding hydrogens is 172 g/mol. The molecule has 6 nitrogen and oxygen atoms in total. The first-order chi connectivity index (χ1) is 6.15. The van der Waals surface area contributed by atoms with Crippen LogP contribution in [0.4, 0.5) is 0 Å². The zero-order chi connectivity index (χ0) is 9.84. The van der Waals surface area contributed by atoms with Crippen LogP contribution in [0.2, 0.25) is 0 Å². The molecule has 0 spiro atoms. The van der Waals surface area contributed by atoms with E-state index in [1.54, 1.807) is 19.4 Å². The molecule has 0 radical (unpaired) electrons. The lowest BCUT2D eigenvalue weighted by Gasteiger charge is -1.99. The summed E-state index contributed by atoms with van der Waals surface area (Å²) < 4.78 is 2.90. The summed E-state index contributed by atoms with van der Waals surface area (Å²) in [6.07, 6.45) is 3.48. The molecule has 0 aromatic carbocycles. The number of nitrogens with one attached hydrogen (secondary N) is 1. The van der Waals surface area contributed by atoms with Crippen molar-refractivity contribution < 1.29 is 4.79 Å². The number of amides is 1. The Bertz CT molecular complexity index is 352. The molecule has 3 N–H and O–H groups in total. The molecule has 0 bridgehead atoms. The van der Waals surface area contributed by atoms with E-state index in [0.29, 0.717) is 6.54 Å². The minimum Gasteiger partial charge on any atom is -0.302 e. The van der Waals surface area contributed by atoms with E-state index >= 15 is 0 Å². The van der Waals surface area contributed by atoms with Gasteiger partial charge in [0, 0.05) is 32.4 Å². The highest BCUT2D eigenvalue weighted by atomic mass is 16.2. The standard InChI is InChI=1S/C7H12N4O2/c1-10-4-5-11(7(10)13)3-2-6(12)9-8/h4-5H,2-3,8H2,1H3,(H,9,12). The number of nitrogens with zero attached hydrogens (tertiary/aromatic N) is 2. The number of rotatable bonds is 3. The van der Waals surface area contributed by atoms with Gasteiger partial charge in [0.25, 0.3) is 0 Å². The molecule has 0 unspecified atom stereocenters. The molecular formula is C7H12N4O2. The van der Waals surface area contributed by atoms with Crippen molar-refractivity contribution in [2.24, 2.45) is 12.9 Å². The van der Waals surface area contributed by atoms with E-state index in [-0.39, 0.29) is 18.0 Å². The van der Waals surface area contributed by atoms with E-state index in [1.165, 1.54) is 9.13 Å². The third kappa shape index (κ3) is 2.19. The van der Waals surface area contributed by atoms with Gasteiger partial charge in [-0.3, -0.25) is 14.8 Å². The second kappa shape index (κ2) is 3.90. The summed E-state index contributed by atoms with van der Waals surface area (Å²) in [6, 6.07) is 0. The molecule has 72 valence electrons. The predicted octanol–water partition coefficient (Wildman–Crippen LogP) is -1.43. The maximum Gasteiger partial charge on any atom is 0.327 e. The van der Waals surface area contributed by atoms with Crippen molar-refractivity contribution in [1.29, 1.82) is 0 Å². The van der Waals surface area contributed by atoms with Gasteiger partial charge in [-0.15, -0.1) is 0 Å². The summed E-state index contributed by atoms with van der Waals surface area (Å²) in [5, 5.41) is 0. The second-order valence-corrected chi connectivity index (χ2v) is 2.70. The number of aromatic nitrogens is 2. The van der Waals surface area contributed by atoms with Crippen molar-refractivity contribution in [3.63, 3.8) is 0 Å². The highest BCUT2D eigenvalue weighted by Gasteiger charge is 2.02. The Hall–Kier alpha value is -1.56. The van der Waals surface area contributed by atoms with Crippen LogP contribution in [0, 0.1) is 0 Å². The molecule has 1 aromatic heterocycles. The molecule has 0 aliphatic rings. The Morgan fingerprint density at radius 2 is 2.31 bits per heavy atom. The molecule has 1 aromatic rings. The van der Waals surface area contributed by atoms with Gasteiger partial charge in [0.1, 0.15) is 0 Å². The van der Waals surface area contributed by atoms with E-state index in [0.717, 1.165) is 0 Å².